The molecule has 2 aromatic carbocycles. The Kier molecular flexibility index (Phi) is 5.46. The van der Waals surface area contributed by atoms with Crippen LogP contribution in [0.15, 0.2) is 48.5 Å². The first-order chi connectivity index (χ1) is 10.9. The van der Waals surface area contributed by atoms with Crippen LogP contribution in [0.3, 0.4) is 0 Å². The molecule has 0 heterocycles. The number of ketones is 2. The Hall–Kier alpha value is -2.25. The normalized spacial score (nSPS) is 10.3. The topological polar surface area (TPSA) is 115 Å². The van der Waals surface area contributed by atoms with Gasteiger partial charge < -0.3 is 20.1 Å². The van der Waals surface area contributed by atoms with Gasteiger partial charge >= 0.3 is 14.2 Å². The Balaban J connectivity index is 2.05. The van der Waals surface area contributed by atoms with Crippen molar-refractivity contribution in [2.45, 2.75) is 6.42 Å². The van der Waals surface area contributed by atoms with Gasteiger partial charge in [-0.25, -0.2) is 0 Å². The highest BCUT2D eigenvalue weighted by Gasteiger charge is 2.17. The van der Waals surface area contributed by atoms with E-state index in [4.69, 9.17) is 20.1 Å². The number of carbonyl (C=O) groups excluding carboxylic acids is 2. The Morgan fingerprint density at radius 3 is 1.22 bits per heavy atom. The fourth-order valence-electron chi connectivity index (χ4n) is 2.03. The van der Waals surface area contributed by atoms with Crippen LogP contribution in [-0.4, -0.2) is 45.9 Å². The molecule has 0 radical (unpaired) electrons. The van der Waals surface area contributed by atoms with Crippen molar-refractivity contribution in [1.82, 2.24) is 0 Å². The number of carbonyl (C=O) groups is 2. The summed E-state index contributed by atoms with van der Waals surface area (Å²) in [5.74, 6) is -0.777. The van der Waals surface area contributed by atoms with Gasteiger partial charge in [0, 0.05) is 11.1 Å². The molecule has 23 heavy (non-hydrogen) atoms. The zero-order chi connectivity index (χ0) is 17.0. The summed E-state index contributed by atoms with van der Waals surface area (Å²) in [5.41, 5.74) is 1.10. The maximum absolute atomic E-state index is 12.1. The zero-order valence-electron chi connectivity index (χ0n) is 12.1. The van der Waals surface area contributed by atoms with E-state index in [-0.39, 0.29) is 28.9 Å². The van der Waals surface area contributed by atoms with Gasteiger partial charge in [-0.3, -0.25) is 9.59 Å². The summed E-state index contributed by atoms with van der Waals surface area (Å²) in [7, 11) is -3.22. The van der Waals surface area contributed by atoms with Gasteiger partial charge in [0.05, 0.1) is 6.42 Å². The summed E-state index contributed by atoms with van der Waals surface area (Å²) in [4.78, 5) is 24.1. The molecule has 0 saturated heterocycles. The van der Waals surface area contributed by atoms with E-state index in [1.165, 1.54) is 48.5 Å². The van der Waals surface area contributed by atoms with Gasteiger partial charge in [-0.05, 0) is 10.9 Å². The molecule has 0 aliphatic rings. The molecular weight excluding hydrogens is 298 g/mol. The Labute approximate surface area is 133 Å². The van der Waals surface area contributed by atoms with Crippen molar-refractivity contribution in [3.63, 3.8) is 0 Å². The lowest BCUT2D eigenvalue weighted by molar-refractivity contribution is 0.0894. The van der Waals surface area contributed by atoms with E-state index >= 15 is 0 Å². The molecule has 0 bridgehead atoms. The molecule has 0 aliphatic carbocycles. The number of rotatable bonds is 6. The average molecular weight is 312 g/mol. The predicted octanol–water partition coefficient (Wildman–Crippen LogP) is -1.50. The number of hydrogen-bond acceptors (Lipinski definition) is 6. The van der Waals surface area contributed by atoms with E-state index in [2.05, 4.69) is 0 Å². The molecule has 0 fully saturated rings. The monoisotopic (exact) mass is 312 g/mol. The quantitative estimate of drug-likeness (QED) is 0.293. The highest BCUT2D eigenvalue weighted by molar-refractivity contribution is 6.59. The third-order valence-corrected chi connectivity index (χ3v) is 3.38. The van der Waals surface area contributed by atoms with Crippen LogP contribution in [0.1, 0.15) is 27.1 Å². The van der Waals surface area contributed by atoms with Gasteiger partial charge in [0.1, 0.15) is 0 Å². The molecule has 0 atom stereocenters. The van der Waals surface area contributed by atoms with Gasteiger partial charge in [-0.2, -0.15) is 0 Å². The van der Waals surface area contributed by atoms with Crippen LogP contribution >= 0.6 is 0 Å². The molecule has 4 N–H and O–H groups in total. The summed E-state index contributed by atoms with van der Waals surface area (Å²) in [6, 6.07) is 11.3. The van der Waals surface area contributed by atoms with E-state index in [1.54, 1.807) is 0 Å². The lowest BCUT2D eigenvalue weighted by Crippen LogP contribution is -2.29. The molecule has 0 aliphatic heterocycles. The maximum atomic E-state index is 12.1. The fraction of sp³-hybridized carbons (Fsp3) is 0.0667. The standard InChI is InChI=1S/C15H14B2O6/c18-14(10-1-5-12(6-2-10)16(20)21)9-15(19)11-3-7-13(8-4-11)17(22)23/h1-8,20-23H,9H2. The number of Topliss-reactive ketones (excluding diaryl/α,β-unsaturated/α-hetero) is 2. The third-order valence-electron chi connectivity index (χ3n) is 3.38. The summed E-state index contributed by atoms with van der Waals surface area (Å²) in [5, 5.41) is 36.0. The molecule has 2 rings (SSSR count). The third kappa shape index (κ3) is 4.37. The number of hydrogen-bond donors (Lipinski definition) is 4. The molecule has 0 spiro atoms. The summed E-state index contributed by atoms with van der Waals surface area (Å²) in [6.07, 6.45) is -0.331. The second-order valence-electron chi connectivity index (χ2n) is 5.01. The fourth-order valence-corrected chi connectivity index (χ4v) is 2.03. The molecule has 8 heteroatoms. The van der Waals surface area contributed by atoms with Crippen LogP contribution in [0.25, 0.3) is 0 Å². The van der Waals surface area contributed by atoms with Gasteiger partial charge in [-0.1, -0.05) is 48.5 Å². The molecule has 0 amide bonds. The Bertz CT molecular complexity index is 633. The van der Waals surface area contributed by atoms with Crippen LogP contribution in [0.5, 0.6) is 0 Å². The van der Waals surface area contributed by atoms with Crippen LogP contribution in [0.2, 0.25) is 0 Å². The van der Waals surface area contributed by atoms with Crippen molar-refractivity contribution in [3.05, 3.63) is 59.7 Å². The van der Waals surface area contributed by atoms with E-state index in [0.29, 0.717) is 11.1 Å². The molecule has 6 nitrogen and oxygen atoms in total. The summed E-state index contributed by atoms with van der Waals surface area (Å²) < 4.78 is 0. The van der Waals surface area contributed by atoms with Crippen LogP contribution < -0.4 is 10.9 Å². The smallest absolute Gasteiger partial charge is 0.423 e. The zero-order valence-corrected chi connectivity index (χ0v) is 12.1. The van der Waals surface area contributed by atoms with Crippen molar-refractivity contribution >= 4 is 36.7 Å². The SMILES string of the molecule is O=C(CC(=O)c1ccc(B(O)O)cc1)c1ccc(B(O)O)cc1. The van der Waals surface area contributed by atoms with E-state index in [0.717, 1.165) is 0 Å². The van der Waals surface area contributed by atoms with E-state index in [1.807, 2.05) is 0 Å². The minimum Gasteiger partial charge on any atom is -0.423 e. The first-order valence-electron chi connectivity index (χ1n) is 6.87. The predicted molar refractivity (Wildman–Crippen MR) is 85.8 cm³/mol. The number of benzene rings is 2. The molecule has 0 aromatic heterocycles. The Morgan fingerprint density at radius 2 is 0.957 bits per heavy atom. The van der Waals surface area contributed by atoms with Crippen LogP contribution in [-0.2, 0) is 0 Å². The molecule has 0 saturated carbocycles. The second kappa shape index (κ2) is 7.34. The van der Waals surface area contributed by atoms with Crippen LogP contribution in [0.4, 0.5) is 0 Å². The van der Waals surface area contributed by atoms with Gasteiger partial charge in [0.15, 0.2) is 11.6 Å². The van der Waals surface area contributed by atoms with Gasteiger partial charge in [0.2, 0.25) is 0 Å². The molecule has 116 valence electrons. The second-order valence-corrected chi connectivity index (χ2v) is 5.01. The summed E-state index contributed by atoms with van der Waals surface area (Å²) in [6.45, 7) is 0. The minimum atomic E-state index is -1.61. The minimum absolute atomic E-state index is 0.256. The average Bonchev–Trinajstić information content (AvgIpc) is 2.54. The Morgan fingerprint density at radius 1 is 0.652 bits per heavy atom. The van der Waals surface area contributed by atoms with Crippen molar-refractivity contribution in [3.8, 4) is 0 Å². The first-order valence-corrected chi connectivity index (χ1v) is 6.87. The van der Waals surface area contributed by atoms with Crippen molar-refractivity contribution in [1.29, 1.82) is 0 Å². The highest BCUT2D eigenvalue weighted by Crippen LogP contribution is 2.08. The lowest BCUT2D eigenvalue weighted by atomic mass is 9.79. The first kappa shape index (κ1) is 17.1. The van der Waals surface area contributed by atoms with E-state index in [9.17, 15) is 9.59 Å². The van der Waals surface area contributed by atoms with Gasteiger partial charge in [0.25, 0.3) is 0 Å². The molecule has 2 aromatic rings. The van der Waals surface area contributed by atoms with Crippen LogP contribution in [0, 0.1) is 0 Å². The van der Waals surface area contributed by atoms with Crippen molar-refractivity contribution in [2.75, 3.05) is 0 Å². The van der Waals surface area contributed by atoms with E-state index < -0.39 is 14.2 Å². The molecular formula is C15H14B2O6. The van der Waals surface area contributed by atoms with Crippen molar-refractivity contribution < 1.29 is 29.7 Å². The van der Waals surface area contributed by atoms with Gasteiger partial charge in [-0.15, -0.1) is 0 Å². The highest BCUT2D eigenvalue weighted by atomic mass is 16.4. The summed E-state index contributed by atoms with van der Waals surface area (Å²) >= 11 is 0. The largest absolute Gasteiger partial charge is 0.488 e. The van der Waals surface area contributed by atoms with Crippen molar-refractivity contribution in [2.24, 2.45) is 0 Å². The molecule has 0 unspecified atom stereocenters. The lowest BCUT2D eigenvalue weighted by Gasteiger charge is -2.04. The maximum Gasteiger partial charge on any atom is 0.488 e.